The number of benzene rings is 1. The van der Waals surface area contributed by atoms with E-state index >= 15 is 0 Å². The second-order valence-corrected chi connectivity index (χ2v) is 5.29. The van der Waals surface area contributed by atoms with Crippen LogP contribution in [0.15, 0.2) is 36.7 Å². The molecular weight excluding hydrogens is 351 g/mol. The minimum atomic E-state index is -4.48. The Hall–Kier alpha value is -2.84. The third-order valence-corrected chi connectivity index (χ3v) is 3.52. The van der Waals surface area contributed by atoms with Gasteiger partial charge < -0.3 is 14.4 Å². The molecule has 26 heavy (non-hydrogen) atoms. The number of methoxy groups -OCH3 is 1. The molecule has 0 saturated carbocycles. The smallest absolute Gasteiger partial charge is 0.419 e. The first-order valence-corrected chi connectivity index (χ1v) is 7.77. The third-order valence-electron chi connectivity index (χ3n) is 3.52. The van der Waals surface area contributed by atoms with Gasteiger partial charge in [0.15, 0.2) is 6.10 Å². The number of carbonyl (C=O) groups is 1. The SMILES string of the molecule is CCN(c1ccc(OC(C)C(=O)OC)cc1)c1ncc(C(F)(F)F)cn1. The molecule has 0 N–H and O–H groups in total. The molecule has 1 aromatic carbocycles. The summed E-state index contributed by atoms with van der Waals surface area (Å²) in [6.45, 7) is 3.84. The maximum atomic E-state index is 12.6. The molecule has 1 heterocycles. The first-order valence-electron chi connectivity index (χ1n) is 7.77. The molecule has 1 atom stereocenters. The number of nitrogens with zero attached hydrogens (tertiary/aromatic N) is 3. The Balaban J connectivity index is 2.16. The maximum absolute atomic E-state index is 12.6. The highest BCUT2D eigenvalue weighted by molar-refractivity contribution is 5.74. The second kappa shape index (κ2) is 8.03. The van der Waals surface area contributed by atoms with Gasteiger partial charge in [-0.15, -0.1) is 0 Å². The van der Waals surface area contributed by atoms with Crippen LogP contribution in [0.1, 0.15) is 19.4 Å². The summed E-state index contributed by atoms with van der Waals surface area (Å²) in [6, 6.07) is 6.68. The van der Waals surface area contributed by atoms with Crippen molar-refractivity contribution in [1.29, 1.82) is 0 Å². The first-order chi connectivity index (χ1) is 12.3. The summed E-state index contributed by atoms with van der Waals surface area (Å²) < 4.78 is 47.9. The molecule has 0 aliphatic carbocycles. The van der Waals surface area contributed by atoms with E-state index < -0.39 is 23.8 Å². The number of rotatable bonds is 6. The Morgan fingerprint density at radius 1 is 1.19 bits per heavy atom. The number of anilines is 2. The average molecular weight is 369 g/mol. The normalized spacial score (nSPS) is 12.4. The van der Waals surface area contributed by atoms with Gasteiger partial charge in [-0.3, -0.25) is 0 Å². The van der Waals surface area contributed by atoms with Crippen LogP contribution in [0.3, 0.4) is 0 Å². The van der Waals surface area contributed by atoms with Crippen molar-refractivity contribution in [3.63, 3.8) is 0 Å². The topological polar surface area (TPSA) is 64.5 Å². The highest BCUT2D eigenvalue weighted by Gasteiger charge is 2.31. The fourth-order valence-electron chi connectivity index (χ4n) is 2.17. The number of hydrogen-bond donors (Lipinski definition) is 0. The highest BCUT2D eigenvalue weighted by atomic mass is 19.4. The predicted molar refractivity (Wildman–Crippen MR) is 88.3 cm³/mol. The van der Waals surface area contributed by atoms with E-state index in [2.05, 4.69) is 14.7 Å². The molecule has 140 valence electrons. The van der Waals surface area contributed by atoms with E-state index in [4.69, 9.17) is 4.74 Å². The van der Waals surface area contributed by atoms with Crippen molar-refractivity contribution in [2.45, 2.75) is 26.1 Å². The molecule has 9 heteroatoms. The molecule has 0 radical (unpaired) electrons. The fourth-order valence-corrected chi connectivity index (χ4v) is 2.17. The van der Waals surface area contributed by atoms with Crippen LogP contribution in [-0.2, 0) is 15.7 Å². The Kier molecular flexibility index (Phi) is 6.01. The van der Waals surface area contributed by atoms with Crippen molar-refractivity contribution < 1.29 is 27.4 Å². The lowest BCUT2D eigenvalue weighted by Gasteiger charge is -2.21. The van der Waals surface area contributed by atoms with Crippen LogP contribution in [0, 0.1) is 0 Å². The molecule has 0 saturated heterocycles. The van der Waals surface area contributed by atoms with E-state index in [1.54, 1.807) is 36.1 Å². The third kappa shape index (κ3) is 4.62. The minimum absolute atomic E-state index is 0.150. The van der Waals surface area contributed by atoms with Crippen LogP contribution in [0.25, 0.3) is 0 Å². The summed E-state index contributed by atoms with van der Waals surface area (Å²) in [6.07, 6.45) is -3.74. The summed E-state index contributed by atoms with van der Waals surface area (Å²) >= 11 is 0. The lowest BCUT2D eigenvalue weighted by atomic mass is 10.2. The van der Waals surface area contributed by atoms with Crippen molar-refractivity contribution in [3.05, 3.63) is 42.2 Å². The Morgan fingerprint density at radius 2 is 1.77 bits per heavy atom. The zero-order valence-corrected chi connectivity index (χ0v) is 14.4. The van der Waals surface area contributed by atoms with Crippen LogP contribution >= 0.6 is 0 Å². The summed E-state index contributed by atoms with van der Waals surface area (Å²) in [5.74, 6) is 0.107. The van der Waals surface area contributed by atoms with Crippen molar-refractivity contribution in [2.24, 2.45) is 0 Å². The lowest BCUT2D eigenvalue weighted by Crippen LogP contribution is -2.25. The second-order valence-electron chi connectivity index (χ2n) is 5.29. The largest absolute Gasteiger partial charge is 0.479 e. The Labute approximate surface area is 148 Å². The molecule has 1 aromatic heterocycles. The number of carbonyl (C=O) groups excluding carboxylic acids is 1. The predicted octanol–water partition coefficient (Wildman–Crippen LogP) is 3.59. The molecular formula is C17H18F3N3O3. The molecule has 2 rings (SSSR count). The van der Waals surface area contributed by atoms with Gasteiger partial charge in [-0.1, -0.05) is 0 Å². The standard InChI is InChI=1S/C17H18F3N3O3/c1-4-23(16-21-9-12(10-22-16)17(18,19)20)13-5-7-14(8-6-13)26-11(2)15(24)25-3/h5-11H,4H2,1-3H3. The van der Waals surface area contributed by atoms with Crippen LogP contribution in [-0.4, -0.2) is 35.7 Å². The summed E-state index contributed by atoms with van der Waals surface area (Å²) in [7, 11) is 1.27. The molecule has 0 aliphatic rings. The van der Waals surface area contributed by atoms with Gasteiger partial charge in [0.25, 0.3) is 0 Å². The van der Waals surface area contributed by atoms with Gasteiger partial charge in [0.1, 0.15) is 5.75 Å². The van der Waals surface area contributed by atoms with E-state index in [0.29, 0.717) is 18.0 Å². The Bertz CT molecular complexity index is 734. The monoisotopic (exact) mass is 369 g/mol. The number of alkyl halides is 3. The van der Waals surface area contributed by atoms with E-state index in [9.17, 15) is 18.0 Å². The van der Waals surface area contributed by atoms with E-state index in [1.165, 1.54) is 7.11 Å². The first kappa shape index (κ1) is 19.5. The van der Waals surface area contributed by atoms with E-state index in [1.807, 2.05) is 6.92 Å². The summed E-state index contributed by atoms with van der Waals surface area (Å²) in [5, 5.41) is 0. The lowest BCUT2D eigenvalue weighted by molar-refractivity contribution is -0.148. The van der Waals surface area contributed by atoms with E-state index in [-0.39, 0.29) is 5.95 Å². The number of hydrogen-bond acceptors (Lipinski definition) is 6. The molecule has 0 aliphatic heterocycles. The molecule has 0 amide bonds. The maximum Gasteiger partial charge on any atom is 0.419 e. The van der Waals surface area contributed by atoms with Gasteiger partial charge in [-0.05, 0) is 38.1 Å². The highest BCUT2D eigenvalue weighted by Crippen LogP contribution is 2.30. The average Bonchev–Trinajstić information content (AvgIpc) is 2.62. The van der Waals surface area contributed by atoms with Crippen molar-refractivity contribution in [3.8, 4) is 5.75 Å². The van der Waals surface area contributed by atoms with Crippen molar-refractivity contribution in [1.82, 2.24) is 9.97 Å². The van der Waals surface area contributed by atoms with Gasteiger partial charge in [-0.2, -0.15) is 13.2 Å². The van der Waals surface area contributed by atoms with Crippen molar-refractivity contribution in [2.75, 3.05) is 18.6 Å². The molecule has 0 spiro atoms. The minimum Gasteiger partial charge on any atom is -0.479 e. The van der Waals surface area contributed by atoms with Crippen LogP contribution < -0.4 is 9.64 Å². The molecule has 0 bridgehead atoms. The van der Waals surface area contributed by atoms with Gasteiger partial charge >= 0.3 is 12.1 Å². The molecule has 2 aromatic rings. The molecule has 6 nitrogen and oxygen atoms in total. The summed E-state index contributed by atoms with van der Waals surface area (Å²) in [5.41, 5.74) is -0.233. The van der Waals surface area contributed by atoms with E-state index in [0.717, 1.165) is 12.4 Å². The zero-order valence-electron chi connectivity index (χ0n) is 14.4. The number of aromatic nitrogens is 2. The van der Waals surface area contributed by atoms with Crippen LogP contribution in [0.5, 0.6) is 5.75 Å². The van der Waals surface area contributed by atoms with Gasteiger partial charge in [0, 0.05) is 24.6 Å². The number of halogens is 3. The number of ether oxygens (including phenoxy) is 2. The summed E-state index contributed by atoms with van der Waals surface area (Å²) in [4.78, 5) is 20.6. The van der Waals surface area contributed by atoms with Gasteiger partial charge in [0.2, 0.25) is 5.95 Å². The zero-order chi connectivity index (χ0) is 19.3. The Morgan fingerprint density at radius 3 is 2.23 bits per heavy atom. The van der Waals surface area contributed by atoms with Gasteiger partial charge in [-0.25, -0.2) is 14.8 Å². The number of esters is 1. The quantitative estimate of drug-likeness (QED) is 0.725. The molecule has 1 unspecified atom stereocenters. The van der Waals surface area contributed by atoms with Gasteiger partial charge in [0.05, 0.1) is 12.7 Å². The molecule has 0 fully saturated rings. The fraction of sp³-hybridized carbons (Fsp3) is 0.353. The van der Waals surface area contributed by atoms with Crippen molar-refractivity contribution >= 4 is 17.6 Å². The van der Waals surface area contributed by atoms with Crippen LogP contribution in [0.4, 0.5) is 24.8 Å². The van der Waals surface area contributed by atoms with Crippen LogP contribution in [0.2, 0.25) is 0 Å².